The lowest BCUT2D eigenvalue weighted by molar-refractivity contribution is 0.0946. The lowest BCUT2D eigenvalue weighted by Crippen LogP contribution is -2.26. The maximum absolute atomic E-state index is 12.3. The van der Waals surface area contributed by atoms with E-state index in [0.29, 0.717) is 18.2 Å². The number of rotatable bonds is 6. The van der Waals surface area contributed by atoms with Gasteiger partial charge in [-0.15, -0.1) is 12.4 Å². The summed E-state index contributed by atoms with van der Waals surface area (Å²) >= 11 is 0. The van der Waals surface area contributed by atoms with Gasteiger partial charge in [0.1, 0.15) is 11.4 Å². The Morgan fingerprint density at radius 2 is 2.28 bits per heavy atom. The van der Waals surface area contributed by atoms with Gasteiger partial charge in [0.25, 0.3) is 5.91 Å². The molecule has 2 aromatic rings. The second kappa shape index (κ2) is 8.87. The Morgan fingerprint density at radius 3 is 3.00 bits per heavy atom. The van der Waals surface area contributed by atoms with Crippen molar-refractivity contribution in [3.63, 3.8) is 0 Å². The molecule has 1 atom stereocenters. The fraction of sp³-hybridized carbons (Fsp3) is 0.444. The summed E-state index contributed by atoms with van der Waals surface area (Å²) in [7, 11) is 1.63. The topological polar surface area (TPSA) is 68.2 Å². The summed E-state index contributed by atoms with van der Waals surface area (Å²) in [6.45, 7) is 4.84. The summed E-state index contributed by atoms with van der Waals surface area (Å²) in [6.07, 6.45) is 3.98. The van der Waals surface area contributed by atoms with Crippen molar-refractivity contribution in [2.24, 2.45) is 5.92 Å². The molecule has 6 nitrogen and oxygen atoms in total. The third-order valence-electron chi connectivity index (χ3n) is 4.40. The quantitative estimate of drug-likeness (QED) is 0.825. The van der Waals surface area contributed by atoms with Crippen LogP contribution in [0.1, 0.15) is 28.9 Å². The molecular formula is C18H25ClN4O2. The number of aryl methyl sites for hydroxylation is 1. The number of aromatic nitrogens is 2. The molecule has 2 heterocycles. The third-order valence-corrected chi connectivity index (χ3v) is 4.40. The summed E-state index contributed by atoms with van der Waals surface area (Å²) in [5.41, 5.74) is 2.36. The molecule has 1 aromatic heterocycles. The van der Waals surface area contributed by atoms with Crippen molar-refractivity contribution in [2.45, 2.75) is 19.8 Å². The van der Waals surface area contributed by atoms with E-state index in [9.17, 15) is 4.79 Å². The van der Waals surface area contributed by atoms with Gasteiger partial charge in [0.2, 0.25) is 0 Å². The predicted molar refractivity (Wildman–Crippen MR) is 100 cm³/mol. The number of hydrogen-bond donors (Lipinski definition) is 2. The van der Waals surface area contributed by atoms with Crippen molar-refractivity contribution in [2.75, 3.05) is 26.7 Å². The number of nitrogens with one attached hydrogen (secondary N) is 2. The Kier molecular flexibility index (Phi) is 6.84. The van der Waals surface area contributed by atoms with Gasteiger partial charge in [-0.1, -0.05) is 6.07 Å². The maximum atomic E-state index is 12.3. The highest BCUT2D eigenvalue weighted by Gasteiger charge is 2.16. The highest BCUT2D eigenvalue weighted by atomic mass is 35.5. The van der Waals surface area contributed by atoms with Gasteiger partial charge in [-0.3, -0.25) is 4.79 Å². The molecule has 1 unspecified atom stereocenters. The normalized spacial score (nSPS) is 16.3. The summed E-state index contributed by atoms with van der Waals surface area (Å²) in [4.78, 5) is 12.3. The smallest absolute Gasteiger partial charge is 0.271 e. The molecule has 0 spiro atoms. The number of amides is 1. The van der Waals surface area contributed by atoms with Crippen LogP contribution in [0.25, 0.3) is 5.69 Å². The molecule has 1 saturated heterocycles. The maximum Gasteiger partial charge on any atom is 0.271 e. The molecule has 0 aliphatic carbocycles. The van der Waals surface area contributed by atoms with Crippen LogP contribution in [0.15, 0.2) is 30.5 Å². The van der Waals surface area contributed by atoms with Crippen LogP contribution in [0.2, 0.25) is 0 Å². The minimum absolute atomic E-state index is 0. The first-order valence-electron chi connectivity index (χ1n) is 8.37. The SMILES string of the molecule is COc1ccc(C)cc1-n1ccc(C(=O)NCCC2CCNC2)n1.Cl. The molecule has 1 amide bonds. The fourth-order valence-corrected chi connectivity index (χ4v) is 3.00. The molecule has 1 aromatic carbocycles. The van der Waals surface area contributed by atoms with Crippen LogP contribution in [0.3, 0.4) is 0 Å². The lowest BCUT2D eigenvalue weighted by atomic mass is 10.1. The summed E-state index contributed by atoms with van der Waals surface area (Å²) in [5.74, 6) is 1.26. The Labute approximate surface area is 154 Å². The summed E-state index contributed by atoms with van der Waals surface area (Å²) in [6, 6.07) is 7.61. The average Bonchev–Trinajstić information content (AvgIpc) is 3.26. The van der Waals surface area contributed by atoms with E-state index in [-0.39, 0.29) is 18.3 Å². The van der Waals surface area contributed by atoms with Gasteiger partial charge in [-0.05, 0) is 62.5 Å². The van der Waals surface area contributed by atoms with E-state index in [2.05, 4.69) is 15.7 Å². The number of benzene rings is 1. The van der Waals surface area contributed by atoms with Crippen LogP contribution in [0.4, 0.5) is 0 Å². The van der Waals surface area contributed by atoms with Gasteiger partial charge in [0, 0.05) is 12.7 Å². The predicted octanol–water partition coefficient (Wildman–Crippen LogP) is 2.34. The molecule has 1 aliphatic heterocycles. The molecule has 1 fully saturated rings. The van der Waals surface area contributed by atoms with Crippen LogP contribution < -0.4 is 15.4 Å². The molecule has 0 bridgehead atoms. The van der Waals surface area contributed by atoms with E-state index in [4.69, 9.17) is 4.74 Å². The minimum Gasteiger partial charge on any atom is -0.494 e. The van der Waals surface area contributed by atoms with Gasteiger partial charge in [0.05, 0.1) is 7.11 Å². The van der Waals surface area contributed by atoms with Gasteiger partial charge in [0.15, 0.2) is 5.69 Å². The molecule has 25 heavy (non-hydrogen) atoms. The highest BCUT2D eigenvalue weighted by molar-refractivity contribution is 5.92. The van der Waals surface area contributed by atoms with Crippen LogP contribution in [-0.2, 0) is 0 Å². The van der Waals surface area contributed by atoms with Gasteiger partial charge >= 0.3 is 0 Å². The number of halogens is 1. The first-order chi connectivity index (χ1) is 11.7. The van der Waals surface area contributed by atoms with E-state index in [1.165, 1.54) is 6.42 Å². The number of hydrogen-bond acceptors (Lipinski definition) is 4. The van der Waals surface area contributed by atoms with E-state index in [0.717, 1.165) is 36.5 Å². The molecule has 2 N–H and O–H groups in total. The van der Waals surface area contributed by atoms with E-state index >= 15 is 0 Å². The number of nitrogens with zero attached hydrogens (tertiary/aromatic N) is 2. The van der Waals surface area contributed by atoms with Crippen LogP contribution >= 0.6 is 12.4 Å². The van der Waals surface area contributed by atoms with Crippen LogP contribution in [-0.4, -0.2) is 42.4 Å². The lowest BCUT2D eigenvalue weighted by Gasteiger charge is -2.09. The van der Waals surface area contributed by atoms with Gasteiger partial charge in [-0.2, -0.15) is 5.10 Å². The molecule has 136 valence electrons. The first kappa shape index (κ1) is 19.3. The Hall–Kier alpha value is -2.05. The van der Waals surface area contributed by atoms with Crippen molar-refractivity contribution in [3.8, 4) is 11.4 Å². The van der Waals surface area contributed by atoms with E-state index in [1.807, 2.05) is 25.1 Å². The zero-order chi connectivity index (χ0) is 16.9. The Balaban J connectivity index is 0.00000225. The second-order valence-corrected chi connectivity index (χ2v) is 6.22. The van der Waals surface area contributed by atoms with Crippen molar-refractivity contribution in [1.82, 2.24) is 20.4 Å². The largest absolute Gasteiger partial charge is 0.494 e. The fourth-order valence-electron chi connectivity index (χ4n) is 3.00. The Bertz CT molecular complexity index is 711. The summed E-state index contributed by atoms with van der Waals surface area (Å²) in [5, 5.41) is 10.7. The molecule has 0 saturated carbocycles. The van der Waals surface area contributed by atoms with Crippen molar-refractivity contribution < 1.29 is 9.53 Å². The number of methoxy groups -OCH3 is 1. The standard InChI is InChI=1S/C18H24N4O2.ClH/c1-13-3-4-17(24-2)16(11-13)22-10-7-15(21-22)18(23)20-9-6-14-5-8-19-12-14;/h3-4,7,10-11,14,19H,5-6,8-9,12H2,1-2H3,(H,20,23);1H. The molecular weight excluding hydrogens is 340 g/mol. The number of ether oxygens (including phenoxy) is 1. The zero-order valence-electron chi connectivity index (χ0n) is 14.6. The number of carbonyl (C=O) groups is 1. The van der Waals surface area contributed by atoms with E-state index < -0.39 is 0 Å². The van der Waals surface area contributed by atoms with Crippen molar-refractivity contribution >= 4 is 18.3 Å². The first-order valence-corrected chi connectivity index (χ1v) is 8.37. The van der Waals surface area contributed by atoms with Crippen LogP contribution in [0, 0.1) is 12.8 Å². The van der Waals surface area contributed by atoms with E-state index in [1.54, 1.807) is 24.1 Å². The van der Waals surface area contributed by atoms with Crippen molar-refractivity contribution in [3.05, 3.63) is 41.7 Å². The Morgan fingerprint density at radius 1 is 1.44 bits per heavy atom. The second-order valence-electron chi connectivity index (χ2n) is 6.22. The molecule has 1 aliphatic rings. The summed E-state index contributed by atoms with van der Waals surface area (Å²) < 4.78 is 7.06. The zero-order valence-corrected chi connectivity index (χ0v) is 15.4. The monoisotopic (exact) mass is 364 g/mol. The minimum atomic E-state index is -0.133. The highest BCUT2D eigenvalue weighted by Crippen LogP contribution is 2.23. The third kappa shape index (κ3) is 4.74. The molecule has 3 rings (SSSR count). The van der Waals surface area contributed by atoms with Gasteiger partial charge < -0.3 is 15.4 Å². The number of carbonyl (C=O) groups excluding carboxylic acids is 1. The average molecular weight is 365 g/mol. The van der Waals surface area contributed by atoms with Crippen molar-refractivity contribution in [1.29, 1.82) is 0 Å². The van der Waals surface area contributed by atoms with Gasteiger partial charge in [-0.25, -0.2) is 4.68 Å². The molecule has 7 heteroatoms. The van der Waals surface area contributed by atoms with Crippen LogP contribution in [0.5, 0.6) is 5.75 Å². The molecule has 0 radical (unpaired) electrons.